The summed E-state index contributed by atoms with van der Waals surface area (Å²) in [6.07, 6.45) is 1.88. The number of para-hydroxylation sites is 1. The third-order valence-electron chi connectivity index (χ3n) is 3.98. The summed E-state index contributed by atoms with van der Waals surface area (Å²) in [6.45, 7) is 0. The Labute approximate surface area is 151 Å². The number of hydrogen-bond donors (Lipinski definition) is 3. The summed E-state index contributed by atoms with van der Waals surface area (Å²) < 4.78 is 27.7. The molecule has 7 nitrogen and oxygen atoms in total. The predicted molar refractivity (Wildman–Crippen MR) is 97.6 cm³/mol. The molecule has 0 saturated heterocycles. The molecule has 0 aromatic heterocycles. The van der Waals surface area contributed by atoms with Gasteiger partial charge in [0.15, 0.2) is 0 Å². The average molecular weight is 373 g/mol. The van der Waals surface area contributed by atoms with Gasteiger partial charge >= 0.3 is 0 Å². The van der Waals surface area contributed by atoms with Crippen LogP contribution in [-0.2, 0) is 10.0 Å². The molecule has 1 fully saturated rings. The van der Waals surface area contributed by atoms with Crippen LogP contribution in [0.15, 0.2) is 53.4 Å². The van der Waals surface area contributed by atoms with Crippen molar-refractivity contribution in [3.8, 4) is 0 Å². The third-order valence-corrected chi connectivity index (χ3v) is 5.36. The van der Waals surface area contributed by atoms with Gasteiger partial charge < -0.3 is 10.6 Å². The Balaban J connectivity index is 1.83. The van der Waals surface area contributed by atoms with Crippen molar-refractivity contribution in [2.75, 3.05) is 11.8 Å². The van der Waals surface area contributed by atoms with Gasteiger partial charge in [0.2, 0.25) is 0 Å². The molecule has 136 valence electrons. The summed E-state index contributed by atoms with van der Waals surface area (Å²) in [5.41, 5.74) is 0.835. The van der Waals surface area contributed by atoms with E-state index in [0.29, 0.717) is 5.56 Å². The fourth-order valence-electron chi connectivity index (χ4n) is 2.39. The first kappa shape index (κ1) is 17.9. The highest BCUT2D eigenvalue weighted by Gasteiger charge is 2.25. The molecule has 3 rings (SSSR count). The van der Waals surface area contributed by atoms with Gasteiger partial charge in [0.1, 0.15) is 0 Å². The molecular weight excluding hydrogens is 354 g/mol. The van der Waals surface area contributed by atoms with Gasteiger partial charge in [0, 0.05) is 18.7 Å². The highest BCUT2D eigenvalue weighted by atomic mass is 32.2. The maximum atomic E-state index is 12.6. The predicted octanol–water partition coefficient (Wildman–Crippen LogP) is 1.74. The van der Waals surface area contributed by atoms with Crippen LogP contribution in [0.4, 0.5) is 5.69 Å². The van der Waals surface area contributed by atoms with Crippen molar-refractivity contribution in [1.29, 1.82) is 0 Å². The Morgan fingerprint density at radius 2 is 1.62 bits per heavy atom. The van der Waals surface area contributed by atoms with Crippen LogP contribution in [0.25, 0.3) is 0 Å². The number of anilines is 1. The minimum atomic E-state index is -3.89. The van der Waals surface area contributed by atoms with Gasteiger partial charge in [-0.1, -0.05) is 12.1 Å². The smallest absolute Gasteiger partial charge is 0.261 e. The fourth-order valence-corrected chi connectivity index (χ4v) is 3.47. The minimum Gasteiger partial charge on any atom is -0.355 e. The van der Waals surface area contributed by atoms with Crippen LogP contribution >= 0.6 is 0 Å². The van der Waals surface area contributed by atoms with E-state index in [1.54, 1.807) is 18.2 Å². The Morgan fingerprint density at radius 1 is 0.962 bits per heavy atom. The lowest BCUT2D eigenvalue weighted by Crippen LogP contribution is -2.27. The van der Waals surface area contributed by atoms with Crippen LogP contribution in [-0.4, -0.2) is 33.3 Å². The van der Waals surface area contributed by atoms with E-state index in [9.17, 15) is 18.0 Å². The monoisotopic (exact) mass is 373 g/mol. The van der Waals surface area contributed by atoms with Gasteiger partial charge in [-0.25, -0.2) is 8.42 Å². The second-order valence-electron chi connectivity index (χ2n) is 6.00. The number of carbonyl (C=O) groups excluding carboxylic acids is 2. The summed E-state index contributed by atoms with van der Waals surface area (Å²) in [6, 6.07) is 12.2. The summed E-state index contributed by atoms with van der Waals surface area (Å²) >= 11 is 0. The largest absolute Gasteiger partial charge is 0.355 e. The first-order valence-electron chi connectivity index (χ1n) is 8.15. The number of sulfonamides is 1. The van der Waals surface area contributed by atoms with E-state index in [1.165, 1.54) is 37.4 Å². The van der Waals surface area contributed by atoms with Gasteiger partial charge in [0.05, 0.1) is 16.1 Å². The summed E-state index contributed by atoms with van der Waals surface area (Å²) in [7, 11) is -2.39. The van der Waals surface area contributed by atoms with Crippen LogP contribution < -0.4 is 15.4 Å². The highest BCUT2D eigenvalue weighted by molar-refractivity contribution is 7.92. The molecule has 0 heterocycles. The molecule has 1 aliphatic carbocycles. The molecular formula is C18H19N3O4S. The number of amides is 2. The molecule has 26 heavy (non-hydrogen) atoms. The van der Waals surface area contributed by atoms with Gasteiger partial charge in [-0.3, -0.25) is 14.3 Å². The summed E-state index contributed by atoms with van der Waals surface area (Å²) in [5.74, 6) is -0.607. The van der Waals surface area contributed by atoms with Crippen molar-refractivity contribution < 1.29 is 18.0 Å². The van der Waals surface area contributed by atoms with Crippen LogP contribution in [0.1, 0.15) is 33.6 Å². The molecule has 2 amide bonds. The van der Waals surface area contributed by atoms with Crippen LogP contribution in [0.5, 0.6) is 0 Å². The van der Waals surface area contributed by atoms with Crippen molar-refractivity contribution in [1.82, 2.24) is 10.6 Å². The fraction of sp³-hybridized carbons (Fsp3) is 0.222. The molecule has 0 radical (unpaired) electrons. The van der Waals surface area contributed by atoms with E-state index < -0.39 is 10.0 Å². The zero-order valence-electron chi connectivity index (χ0n) is 14.2. The molecule has 8 heteroatoms. The molecule has 2 aromatic carbocycles. The van der Waals surface area contributed by atoms with Crippen molar-refractivity contribution >= 4 is 27.5 Å². The van der Waals surface area contributed by atoms with Crippen molar-refractivity contribution in [3.05, 3.63) is 59.7 Å². The first-order valence-corrected chi connectivity index (χ1v) is 9.64. The van der Waals surface area contributed by atoms with Crippen molar-refractivity contribution in [2.45, 2.75) is 23.8 Å². The molecule has 3 N–H and O–H groups in total. The maximum Gasteiger partial charge on any atom is 0.261 e. The normalized spacial score (nSPS) is 13.7. The lowest BCUT2D eigenvalue weighted by molar-refractivity contribution is 0.0947. The maximum absolute atomic E-state index is 12.6. The summed E-state index contributed by atoms with van der Waals surface area (Å²) in [4.78, 5) is 23.9. The number of carbonyl (C=O) groups is 2. The Hall–Kier alpha value is -2.87. The number of rotatable bonds is 6. The van der Waals surface area contributed by atoms with Gasteiger partial charge in [-0.15, -0.1) is 0 Å². The van der Waals surface area contributed by atoms with Gasteiger partial charge in [-0.2, -0.15) is 0 Å². The molecule has 0 atom stereocenters. The van der Waals surface area contributed by atoms with Gasteiger partial charge in [-0.05, 0) is 49.2 Å². The third kappa shape index (κ3) is 4.02. The van der Waals surface area contributed by atoms with Crippen molar-refractivity contribution in [3.63, 3.8) is 0 Å². The highest BCUT2D eigenvalue weighted by Crippen LogP contribution is 2.23. The molecule has 1 aliphatic rings. The lowest BCUT2D eigenvalue weighted by atomic mass is 10.1. The number of hydrogen-bond acceptors (Lipinski definition) is 4. The topological polar surface area (TPSA) is 104 Å². The second-order valence-corrected chi connectivity index (χ2v) is 7.68. The average Bonchev–Trinajstić information content (AvgIpc) is 3.45. The molecule has 0 aliphatic heterocycles. The summed E-state index contributed by atoms with van der Waals surface area (Å²) in [5, 5.41) is 5.32. The van der Waals surface area contributed by atoms with E-state index in [0.717, 1.165) is 12.8 Å². The van der Waals surface area contributed by atoms with Crippen LogP contribution in [0.2, 0.25) is 0 Å². The Kier molecular flexibility index (Phi) is 4.94. The molecule has 0 spiro atoms. The number of nitrogens with one attached hydrogen (secondary N) is 3. The molecule has 2 aromatic rings. The second kappa shape index (κ2) is 7.17. The van der Waals surface area contributed by atoms with Crippen molar-refractivity contribution in [2.24, 2.45) is 0 Å². The Bertz CT molecular complexity index is 935. The first-order chi connectivity index (χ1) is 12.4. The lowest BCUT2D eigenvalue weighted by Gasteiger charge is -2.13. The van der Waals surface area contributed by atoms with E-state index in [-0.39, 0.29) is 34.0 Å². The SMILES string of the molecule is CNC(=O)c1ccc(S(=O)(=O)Nc2ccccc2C(=O)NC2CC2)cc1. The zero-order valence-corrected chi connectivity index (χ0v) is 15.0. The minimum absolute atomic E-state index is 0.00237. The molecule has 1 saturated carbocycles. The van der Waals surface area contributed by atoms with Crippen LogP contribution in [0.3, 0.4) is 0 Å². The van der Waals surface area contributed by atoms with E-state index in [4.69, 9.17) is 0 Å². The van der Waals surface area contributed by atoms with Gasteiger partial charge in [0.25, 0.3) is 21.8 Å². The Morgan fingerprint density at radius 3 is 2.23 bits per heavy atom. The quantitative estimate of drug-likeness (QED) is 0.717. The van der Waals surface area contributed by atoms with E-state index in [1.807, 2.05) is 0 Å². The molecule has 0 bridgehead atoms. The number of benzene rings is 2. The van der Waals surface area contributed by atoms with Crippen LogP contribution in [0, 0.1) is 0 Å². The molecule has 0 unspecified atom stereocenters. The van der Waals surface area contributed by atoms with E-state index >= 15 is 0 Å². The standard InChI is InChI=1S/C18H19N3O4S/c1-19-17(22)12-6-10-14(11-7-12)26(24,25)21-16-5-3-2-4-15(16)18(23)20-13-8-9-13/h2-7,10-11,13,21H,8-9H2,1H3,(H,19,22)(H,20,23). The van der Waals surface area contributed by atoms with E-state index in [2.05, 4.69) is 15.4 Å². The zero-order chi connectivity index (χ0) is 18.7.